The van der Waals surface area contributed by atoms with E-state index in [2.05, 4.69) is 5.32 Å². The average molecular weight is 233 g/mol. The second kappa shape index (κ2) is 4.79. The molecule has 1 aromatic heterocycles. The molecule has 0 unspecified atom stereocenters. The van der Waals surface area contributed by atoms with Gasteiger partial charge in [0.05, 0.1) is 11.0 Å². The van der Waals surface area contributed by atoms with Crippen molar-refractivity contribution >= 4 is 26.9 Å². The predicted molar refractivity (Wildman–Crippen MR) is 61.7 cm³/mol. The number of hydrogen-bond donors (Lipinski definition) is 1. The Balaban J connectivity index is 2.36. The van der Waals surface area contributed by atoms with E-state index in [9.17, 15) is 8.42 Å². The maximum Gasteiger partial charge on any atom is 0.154 e. The average Bonchev–Trinajstić information content (AvgIpc) is 2.56. The molecule has 0 spiro atoms. The smallest absolute Gasteiger partial charge is 0.154 e. The third-order valence-electron chi connectivity index (χ3n) is 1.96. The Morgan fingerprint density at radius 1 is 1.50 bits per heavy atom. The number of sulfone groups is 1. The zero-order valence-corrected chi connectivity index (χ0v) is 9.99. The maximum absolute atomic E-state index is 11.4. The molecule has 3 nitrogen and oxygen atoms in total. The minimum absolute atomic E-state index is 0.195. The summed E-state index contributed by atoms with van der Waals surface area (Å²) in [4.78, 5) is 0. The van der Waals surface area contributed by atoms with E-state index in [1.54, 1.807) is 25.2 Å². The third-order valence-corrected chi connectivity index (χ3v) is 4.85. The number of hydrogen-bond acceptors (Lipinski definition) is 4. The molecule has 1 heterocycles. The van der Waals surface area contributed by atoms with Crippen molar-refractivity contribution in [1.29, 1.82) is 0 Å². The van der Waals surface area contributed by atoms with Crippen molar-refractivity contribution in [3.8, 4) is 0 Å². The number of nitrogens with one attached hydrogen (secondary N) is 1. The van der Waals surface area contributed by atoms with Gasteiger partial charge >= 0.3 is 0 Å². The molecule has 0 amide bonds. The van der Waals surface area contributed by atoms with Crippen LogP contribution in [0.15, 0.2) is 16.8 Å². The van der Waals surface area contributed by atoms with Crippen molar-refractivity contribution in [3.05, 3.63) is 16.8 Å². The molecule has 14 heavy (non-hydrogen) atoms. The molecule has 5 heteroatoms. The van der Waals surface area contributed by atoms with Crippen LogP contribution < -0.4 is 5.32 Å². The topological polar surface area (TPSA) is 46.2 Å². The Labute approximate surface area is 89.1 Å². The van der Waals surface area contributed by atoms with Crippen LogP contribution in [0, 0.1) is 0 Å². The summed E-state index contributed by atoms with van der Waals surface area (Å²) in [7, 11) is -2.91. The summed E-state index contributed by atoms with van der Waals surface area (Å²) in [5, 5.41) is 6.70. The zero-order valence-electron chi connectivity index (χ0n) is 8.36. The summed E-state index contributed by atoms with van der Waals surface area (Å²) < 4.78 is 22.8. The number of anilines is 1. The molecule has 80 valence electrons. The molecular formula is C9H15NO2S2. The SMILES string of the molecule is CC(C)S(=O)(=O)CCNc1ccsc1. The quantitative estimate of drug-likeness (QED) is 0.846. The monoisotopic (exact) mass is 233 g/mol. The largest absolute Gasteiger partial charge is 0.383 e. The molecule has 0 bridgehead atoms. The zero-order chi connectivity index (χ0) is 10.6. The van der Waals surface area contributed by atoms with Crippen molar-refractivity contribution in [2.75, 3.05) is 17.6 Å². The van der Waals surface area contributed by atoms with E-state index in [4.69, 9.17) is 0 Å². The minimum atomic E-state index is -2.91. The first-order valence-corrected chi connectivity index (χ1v) is 7.16. The lowest BCUT2D eigenvalue weighted by atomic mass is 10.5. The fraction of sp³-hybridized carbons (Fsp3) is 0.556. The van der Waals surface area contributed by atoms with Crippen LogP contribution in [-0.4, -0.2) is 26.0 Å². The minimum Gasteiger partial charge on any atom is -0.383 e. The number of thiophene rings is 1. The van der Waals surface area contributed by atoms with E-state index < -0.39 is 9.84 Å². The Bertz CT molecular complexity index is 354. The fourth-order valence-electron chi connectivity index (χ4n) is 0.938. The second-order valence-corrected chi connectivity index (χ2v) is 6.81. The van der Waals surface area contributed by atoms with Gasteiger partial charge in [0.15, 0.2) is 9.84 Å². The van der Waals surface area contributed by atoms with Gasteiger partial charge < -0.3 is 5.32 Å². The van der Waals surface area contributed by atoms with Crippen LogP contribution in [0.2, 0.25) is 0 Å². The van der Waals surface area contributed by atoms with E-state index in [1.165, 1.54) is 0 Å². The Morgan fingerprint density at radius 2 is 2.21 bits per heavy atom. The molecule has 1 rings (SSSR count). The Kier molecular flexibility index (Phi) is 3.95. The summed E-state index contributed by atoms with van der Waals surface area (Å²) in [6, 6.07) is 1.94. The Hall–Kier alpha value is -0.550. The van der Waals surface area contributed by atoms with Crippen LogP contribution >= 0.6 is 11.3 Å². The normalized spacial score (nSPS) is 11.9. The van der Waals surface area contributed by atoms with E-state index in [0.29, 0.717) is 6.54 Å². The predicted octanol–water partition coefficient (Wildman–Crippen LogP) is 1.98. The maximum atomic E-state index is 11.4. The molecule has 1 N–H and O–H groups in total. The summed E-state index contributed by atoms with van der Waals surface area (Å²) in [5.74, 6) is 0.195. The van der Waals surface area contributed by atoms with Crippen molar-refractivity contribution in [1.82, 2.24) is 0 Å². The molecule has 0 fully saturated rings. The molecular weight excluding hydrogens is 218 g/mol. The van der Waals surface area contributed by atoms with Gasteiger partial charge in [0.25, 0.3) is 0 Å². The van der Waals surface area contributed by atoms with Gasteiger partial charge in [-0.15, -0.1) is 0 Å². The van der Waals surface area contributed by atoms with Crippen molar-refractivity contribution in [2.24, 2.45) is 0 Å². The van der Waals surface area contributed by atoms with Crippen LogP contribution in [0.1, 0.15) is 13.8 Å². The molecule has 0 atom stereocenters. The third kappa shape index (κ3) is 3.31. The number of rotatable bonds is 5. The first kappa shape index (κ1) is 11.5. The van der Waals surface area contributed by atoms with Crippen molar-refractivity contribution < 1.29 is 8.42 Å². The molecule has 0 saturated heterocycles. The molecule has 0 aliphatic rings. The highest BCUT2D eigenvalue weighted by Gasteiger charge is 2.14. The Morgan fingerprint density at radius 3 is 2.71 bits per heavy atom. The van der Waals surface area contributed by atoms with E-state index >= 15 is 0 Å². The summed E-state index contributed by atoms with van der Waals surface area (Å²) in [6.07, 6.45) is 0. The highest BCUT2D eigenvalue weighted by Crippen LogP contribution is 2.11. The van der Waals surface area contributed by atoms with Gasteiger partial charge in [-0.25, -0.2) is 8.42 Å². The standard InChI is InChI=1S/C9H15NO2S2/c1-8(2)14(11,12)6-4-10-9-3-5-13-7-9/h3,5,7-8,10H,4,6H2,1-2H3. The summed E-state index contributed by atoms with van der Waals surface area (Å²) in [5.41, 5.74) is 0.994. The molecule has 0 aromatic carbocycles. The van der Waals surface area contributed by atoms with Gasteiger partial charge in [0.2, 0.25) is 0 Å². The first-order valence-electron chi connectivity index (χ1n) is 4.50. The van der Waals surface area contributed by atoms with Gasteiger partial charge in [-0.1, -0.05) is 0 Å². The van der Waals surface area contributed by atoms with Crippen molar-refractivity contribution in [3.63, 3.8) is 0 Å². The van der Waals surface area contributed by atoms with E-state index in [1.807, 2.05) is 16.8 Å². The lowest BCUT2D eigenvalue weighted by Crippen LogP contribution is -2.22. The van der Waals surface area contributed by atoms with Crippen LogP contribution in [0.25, 0.3) is 0 Å². The van der Waals surface area contributed by atoms with E-state index in [-0.39, 0.29) is 11.0 Å². The molecule has 0 aliphatic heterocycles. The van der Waals surface area contributed by atoms with Crippen molar-refractivity contribution in [2.45, 2.75) is 19.1 Å². The fourth-order valence-corrected chi connectivity index (χ4v) is 2.41. The summed E-state index contributed by atoms with van der Waals surface area (Å²) in [6.45, 7) is 3.90. The van der Waals surface area contributed by atoms with Gasteiger partial charge in [-0.05, 0) is 25.3 Å². The molecule has 0 radical (unpaired) electrons. The highest BCUT2D eigenvalue weighted by molar-refractivity contribution is 7.92. The lowest BCUT2D eigenvalue weighted by molar-refractivity contribution is 0.588. The van der Waals surface area contributed by atoms with Crippen LogP contribution in [0.5, 0.6) is 0 Å². The van der Waals surface area contributed by atoms with E-state index in [0.717, 1.165) is 5.69 Å². The van der Waals surface area contributed by atoms with Crippen LogP contribution in [0.4, 0.5) is 5.69 Å². The van der Waals surface area contributed by atoms with Crippen LogP contribution in [-0.2, 0) is 9.84 Å². The molecule has 0 saturated carbocycles. The molecule has 1 aromatic rings. The van der Waals surface area contributed by atoms with Gasteiger partial charge in [-0.3, -0.25) is 0 Å². The highest BCUT2D eigenvalue weighted by atomic mass is 32.2. The summed E-state index contributed by atoms with van der Waals surface area (Å²) >= 11 is 1.59. The van der Waals surface area contributed by atoms with Gasteiger partial charge in [0, 0.05) is 17.6 Å². The van der Waals surface area contributed by atoms with Gasteiger partial charge in [-0.2, -0.15) is 11.3 Å². The van der Waals surface area contributed by atoms with Gasteiger partial charge in [0.1, 0.15) is 0 Å². The lowest BCUT2D eigenvalue weighted by Gasteiger charge is -2.08. The second-order valence-electron chi connectivity index (χ2n) is 3.35. The van der Waals surface area contributed by atoms with Crippen LogP contribution in [0.3, 0.4) is 0 Å². The first-order chi connectivity index (χ1) is 6.52. The molecule has 0 aliphatic carbocycles.